The summed E-state index contributed by atoms with van der Waals surface area (Å²) in [6.45, 7) is 0.805. The number of hydrogen-bond acceptors (Lipinski definition) is 3. The van der Waals surface area contributed by atoms with Gasteiger partial charge >= 0.3 is 0 Å². The second-order valence-corrected chi connectivity index (χ2v) is 5.50. The minimum absolute atomic E-state index is 0.0325. The van der Waals surface area contributed by atoms with E-state index in [1.807, 2.05) is 12.1 Å². The highest BCUT2D eigenvalue weighted by atomic mass is 35.5. The van der Waals surface area contributed by atoms with Gasteiger partial charge in [0.2, 0.25) is 0 Å². The fourth-order valence-electron chi connectivity index (χ4n) is 2.11. The molecule has 0 saturated heterocycles. The van der Waals surface area contributed by atoms with E-state index in [9.17, 15) is 14.3 Å². The Kier molecular flexibility index (Phi) is 6.10. The van der Waals surface area contributed by atoms with Gasteiger partial charge in [-0.05, 0) is 35.4 Å². The molecule has 0 aromatic heterocycles. The first kappa shape index (κ1) is 17.4. The molecule has 6 heteroatoms. The maximum Gasteiger partial charge on any atom is 0.251 e. The van der Waals surface area contributed by atoms with Gasteiger partial charge in [0.05, 0.1) is 11.1 Å². The Balaban J connectivity index is 1.86. The first-order valence-electron chi connectivity index (χ1n) is 7.16. The summed E-state index contributed by atoms with van der Waals surface area (Å²) in [6, 6.07) is 11.4. The second-order valence-electron chi connectivity index (χ2n) is 5.10. The Labute approximate surface area is 139 Å². The van der Waals surface area contributed by atoms with Gasteiger partial charge < -0.3 is 15.7 Å². The average Bonchev–Trinajstić information content (AvgIpc) is 2.57. The van der Waals surface area contributed by atoms with Crippen LogP contribution in [0, 0.1) is 5.82 Å². The van der Waals surface area contributed by atoms with Gasteiger partial charge in [-0.1, -0.05) is 29.8 Å². The number of nitrogens with one attached hydrogen (secondary N) is 2. The molecule has 1 amide bonds. The Bertz CT molecular complexity index is 677. The summed E-state index contributed by atoms with van der Waals surface area (Å²) in [5.74, 6) is -0.683. The minimum atomic E-state index is -0.827. The molecule has 23 heavy (non-hydrogen) atoms. The van der Waals surface area contributed by atoms with Crippen LogP contribution in [0.25, 0.3) is 0 Å². The highest BCUT2D eigenvalue weighted by Gasteiger charge is 2.10. The number of carbonyl (C=O) groups is 1. The minimum Gasteiger partial charge on any atom is -0.387 e. The maximum atomic E-state index is 13.4. The lowest BCUT2D eigenvalue weighted by Crippen LogP contribution is -2.21. The van der Waals surface area contributed by atoms with Gasteiger partial charge in [-0.3, -0.25) is 4.79 Å². The summed E-state index contributed by atoms with van der Waals surface area (Å²) in [5, 5.41) is 15.7. The van der Waals surface area contributed by atoms with Crippen LogP contribution in [0.3, 0.4) is 0 Å². The van der Waals surface area contributed by atoms with Gasteiger partial charge in [0.1, 0.15) is 5.82 Å². The van der Waals surface area contributed by atoms with E-state index in [0.717, 1.165) is 5.56 Å². The van der Waals surface area contributed by atoms with Gasteiger partial charge in [0, 0.05) is 25.7 Å². The number of carbonyl (C=O) groups excluding carboxylic acids is 1. The third-order valence-corrected chi connectivity index (χ3v) is 3.74. The number of amides is 1. The first-order chi connectivity index (χ1) is 11.0. The zero-order valence-electron chi connectivity index (χ0n) is 12.6. The number of aliphatic hydroxyl groups is 1. The standard InChI is InChI=1S/C17H18ClFN2O2/c1-20-17(23)12-4-2-11(3-5-12)9-21-10-16(22)13-6-7-14(18)15(19)8-13/h2-8,16,21-22H,9-10H2,1H3,(H,20,23). The van der Waals surface area contributed by atoms with Crippen LogP contribution in [0.5, 0.6) is 0 Å². The van der Waals surface area contributed by atoms with Crippen molar-refractivity contribution in [3.63, 3.8) is 0 Å². The van der Waals surface area contributed by atoms with Gasteiger partial charge in [0.25, 0.3) is 5.91 Å². The van der Waals surface area contributed by atoms with E-state index >= 15 is 0 Å². The Morgan fingerprint density at radius 1 is 1.26 bits per heavy atom. The fraction of sp³-hybridized carbons (Fsp3) is 0.235. The molecule has 0 aliphatic rings. The predicted octanol–water partition coefficient (Wildman–Crippen LogP) is 2.66. The molecule has 3 N–H and O–H groups in total. The van der Waals surface area contributed by atoms with Gasteiger partial charge in [-0.25, -0.2) is 4.39 Å². The summed E-state index contributed by atoms with van der Waals surface area (Å²) >= 11 is 5.61. The molecule has 1 atom stereocenters. The van der Waals surface area contributed by atoms with Crippen LogP contribution in [0.1, 0.15) is 27.6 Å². The van der Waals surface area contributed by atoms with E-state index in [2.05, 4.69) is 10.6 Å². The smallest absolute Gasteiger partial charge is 0.251 e. The molecular formula is C17H18ClFN2O2. The summed E-state index contributed by atoms with van der Waals surface area (Å²) in [7, 11) is 1.58. The monoisotopic (exact) mass is 336 g/mol. The Hall–Kier alpha value is -1.95. The number of halogens is 2. The summed E-state index contributed by atoms with van der Waals surface area (Å²) in [4.78, 5) is 11.4. The summed E-state index contributed by atoms with van der Waals surface area (Å²) < 4.78 is 13.4. The van der Waals surface area contributed by atoms with Crippen molar-refractivity contribution in [2.45, 2.75) is 12.6 Å². The predicted molar refractivity (Wildman–Crippen MR) is 87.9 cm³/mol. The van der Waals surface area contributed by atoms with E-state index in [4.69, 9.17) is 11.6 Å². The van der Waals surface area contributed by atoms with E-state index in [1.54, 1.807) is 25.2 Å². The maximum absolute atomic E-state index is 13.4. The van der Waals surface area contributed by atoms with Crippen LogP contribution in [0.15, 0.2) is 42.5 Å². The molecule has 0 spiro atoms. The lowest BCUT2D eigenvalue weighted by Gasteiger charge is -2.13. The lowest BCUT2D eigenvalue weighted by atomic mass is 10.1. The van der Waals surface area contributed by atoms with Crippen molar-refractivity contribution in [1.82, 2.24) is 10.6 Å². The third kappa shape index (κ3) is 4.76. The zero-order valence-corrected chi connectivity index (χ0v) is 13.4. The molecule has 0 saturated carbocycles. The zero-order chi connectivity index (χ0) is 16.8. The van der Waals surface area contributed by atoms with Crippen LogP contribution in [-0.4, -0.2) is 24.6 Å². The third-order valence-electron chi connectivity index (χ3n) is 3.44. The fourth-order valence-corrected chi connectivity index (χ4v) is 2.23. The molecule has 2 aromatic rings. The molecule has 0 aliphatic carbocycles. The van der Waals surface area contributed by atoms with Crippen molar-refractivity contribution in [2.24, 2.45) is 0 Å². The molecule has 2 rings (SSSR count). The topological polar surface area (TPSA) is 61.4 Å². The molecule has 4 nitrogen and oxygen atoms in total. The molecule has 0 radical (unpaired) electrons. The number of aliphatic hydroxyl groups excluding tert-OH is 1. The van der Waals surface area contributed by atoms with Gasteiger partial charge in [0.15, 0.2) is 0 Å². The summed E-state index contributed by atoms with van der Waals surface area (Å²) in [5.41, 5.74) is 2.04. The molecule has 0 bridgehead atoms. The van der Waals surface area contributed by atoms with Gasteiger partial charge in [-0.15, -0.1) is 0 Å². The first-order valence-corrected chi connectivity index (χ1v) is 7.54. The quantitative estimate of drug-likeness (QED) is 0.760. The molecule has 0 aliphatic heterocycles. The van der Waals surface area contributed by atoms with Crippen molar-refractivity contribution < 1.29 is 14.3 Å². The molecule has 0 fully saturated rings. The van der Waals surface area contributed by atoms with E-state index in [-0.39, 0.29) is 17.5 Å². The largest absolute Gasteiger partial charge is 0.387 e. The van der Waals surface area contributed by atoms with Crippen molar-refractivity contribution in [3.05, 3.63) is 70.0 Å². The highest BCUT2D eigenvalue weighted by Crippen LogP contribution is 2.20. The molecular weight excluding hydrogens is 319 g/mol. The normalized spacial score (nSPS) is 12.0. The lowest BCUT2D eigenvalue weighted by molar-refractivity contribution is 0.0963. The van der Waals surface area contributed by atoms with Crippen LogP contribution < -0.4 is 10.6 Å². The van der Waals surface area contributed by atoms with Crippen LogP contribution in [0.2, 0.25) is 5.02 Å². The summed E-state index contributed by atoms with van der Waals surface area (Å²) in [6.07, 6.45) is -0.827. The van der Waals surface area contributed by atoms with Crippen LogP contribution >= 0.6 is 11.6 Å². The van der Waals surface area contributed by atoms with Crippen LogP contribution in [-0.2, 0) is 6.54 Å². The Morgan fingerprint density at radius 3 is 2.57 bits per heavy atom. The Morgan fingerprint density at radius 2 is 1.96 bits per heavy atom. The van der Waals surface area contributed by atoms with E-state index in [1.165, 1.54) is 12.1 Å². The van der Waals surface area contributed by atoms with Crippen molar-refractivity contribution >= 4 is 17.5 Å². The van der Waals surface area contributed by atoms with Crippen molar-refractivity contribution in [2.75, 3.05) is 13.6 Å². The van der Waals surface area contributed by atoms with E-state index in [0.29, 0.717) is 17.7 Å². The molecule has 122 valence electrons. The second kappa shape index (κ2) is 8.06. The molecule has 2 aromatic carbocycles. The highest BCUT2D eigenvalue weighted by molar-refractivity contribution is 6.30. The average molecular weight is 337 g/mol. The van der Waals surface area contributed by atoms with Crippen LogP contribution in [0.4, 0.5) is 4.39 Å². The number of rotatable bonds is 6. The number of hydrogen-bond donors (Lipinski definition) is 3. The molecule has 0 heterocycles. The SMILES string of the molecule is CNC(=O)c1ccc(CNCC(O)c2ccc(Cl)c(F)c2)cc1. The van der Waals surface area contributed by atoms with Gasteiger partial charge in [-0.2, -0.15) is 0 Å². The molecule has 1 unspecified atom stereocenters. The van der Waals surface area contributed by atoms with E-state index < -0.39 is 11.9 Å². The van der Waals surface area contributed by atoms with Crippen molar-refractivity contribution in [1.29, 1.82) is 0 Å². The number of benzene rings is 2. The van der Waals surface area contributed by atoms with Crippen molar-refractivity contribution in [3.8, 4) is 0 Å².